The van der Waals surface area contributed by atoms with Crippen molar-refractivity contribution in [2.75, 3.05) is 26.7 Å². The minimum atomic E-state index is -0.268. The first-order valence-corrected chi connectivity index (χ1v) is 7.01. The van der Waals surface area contributed by atoms with Crippen LogP contribution in [0.1, 0.15) is 18.4 Å². The molecule has 110 valence electrons. The second-order valence-electron chi connectivity index (χ2n) is 5.45. The van der Waals surface area contributed by atoms with Crippen LogP contribution in [-0.2, 0) is 11.3 Å². The second-order valence-corrected chi connectivity index (χ2v) is 5.45. The van der Waals surface area contributed by atoms with Crippen LogP contribution in [0.25, 0.3) is 0 Å². The maximum absolute atomic E-state index is 13.6. The summed E-state index contributed by atoms with van der Waals surface area (Å²) >= 11 is 0. The lowest BCUT2D eigenvalue weighted by Gasteiger charge is -2.30. The molecular formula is C15H22FN3O. The van der Waals surface area contributed by atoms with Crippen LogP contribution in [0.4, 0.5) is 4.39 Å². The second kappa shape index (κ2) is 6.81. The molecular weight excluding hydrogens is 257 g/mol. The predicted molar refractivity (Wildman–Crippen MR) is 76.5 cm³/mol. The van der Waals surface area contributed by atoms with Crippen LogP contribution in [0.15, 0.2) is 24.3 Å². The number of rotatable bonds is 4. The molecule has 2 rings (SSSR count). The van der Waals surface area contributed by atoms with Gasteiger partial charge in [-0.1, -0.05) is 18.2 Å². The quantitative estimate of drug-likeness (QED) is 0.901. The summed E-state index contributed by atoms with van der Waals surface area (Å²) in [5.74, 6) is -0.250. The Hall–Kier alpha value is -1.46. The number of nitrogens with two attached hydrogens (primary N) is 1. The number of halogens is 1. The third-order valence-corrected chi connectivity index (χ3v) is 3.78. The van der Waals surface area contributed by atoms with Gasteiger partial charge in [0.1, 0.15) is 5.82 Å². The van der Waals surface area contributed by atoms with E-state index in [1.165, 1.54) is 6.07 Å². The minimum Gasteiger partial charge on any atom is -0.340 e. The molecule has 0 atom stereocenters. The number of carbonyl (C=O) groups excluding carboxylic acids is 1. The number of amides is 1. The van der Waals surface area contributed by atoms with Gasteiger partial charge in [0.2, 0.25) is 5.91 Å². The fourth-order valence-electron chi connectivity index (χ4n) is 2.39. The molecule has 1 aromatic rings. The van der Waals surface area contributed by atoms with E-state index in [0.717, 1.165) is 25.9 Å². The SMILES string of the molecule is CN(Cc1ccccc1F)C(=O)CN1CCC(N)CC1. The van der Waals surface area contributed by atoms with Crippen LogP contribution >= 0.6 is 0 Å². The molecule has 0 radical (unpaired) electrons. The van der Waals surface area contributed by atoms with E-state index in [2.05, 4.69) is 4.90 Å². The van der Waals surface area contributed by atoms with Crippen LogP contribution in [0.3, 0.4) is 0 Å². The van der Waals surface area contributed by atoms with Gasteiger partial charge in [0.05, 0.1) is 6.54 Å². The molecule has 4 nitrogen and oxygen atoms in total. The summed E-state index contributed by atoms with van der Waals surface area (Å²) in [5.41, 5.74) is 6.39. The molecule has 1 saturated heterocycles. The molecule has 0 unspecified atom stereocenters. The molecule has 1 fully saturated rings. The molecule has 0 bridgehead atoms. The van der Waals surface area contributed by atoms with Crippen molar-refractivity contribution in [3.63, 3.8) is 0 Å². The van der Waals surface area contributed by atoms with Crippen LogP contribution in [0, 0.1) is 5.82 Å². The molecule has 2 N–H and O–H groups in total. The van der Waals surface area contributed by atoms with Crippen LogP contribution < -0.4 is 5.73 Å². The Bertz CT molecular complexity index is 458. The third kappa shape index (κ3) is 4.02. The van der Waals surface area contributed by atoms with Gasteiger partial charge >= 0.3 is 0 Å². The highest BCUT2D eigenvalue weighted by Crippen LogP contribution is 2.11. The Morgan fingerprint density at radius 3 is 2.70 bits per heavy atom. The van der Waals surface area contributed by atoms with E-state index in [-0.39, 0.29) is 17.8 Å². The third-order valence-electron chi connectivity index (χ3n) is 3.78. The number of piperidine rings is 1. The summed E-state index contributed by atoms with van der Waals surface area (Å²) in [6.07, 6.45) is 1.87. The number of nitrogens with zero attached hydrogens (tertiary/aromatic N) is 2. The van der Waals surface area contributed by atoms with Gasteiger partial charge in [-0.05, 0) is 18.9 Å². The molecule has 0 spiro atoms. The zero-order chi connectivity index (χ0) is 14.5. The molecule has 1 aromatic carbocycles. The van der Waals surface area contributed by atoms with Crippen molar-refractivity contribution >= 4 is 5.91 Å². The van der Waals surface area contributed by atoms with Gasteiger partial charge in [-0.25, -0.2) is 4.39 Å². The topological polar surface area (TPSA) is 49.6 Å². The van der Waals surface area contributed by atoms with Crippen molar-refractivity contribution in [1.29, 1.82) is 0 Å². The van der Waals surface area contributed by atoms with E-state index in [9.17, 15) is 9.18 Å². The predicted octanol–water partition coefficient (Wildman–Crippen LogP) is 1.21. The highest BCUT2D eigenvalue weighted by molar-refractivity contribution is 5.78. The van der Waals surface area contributed by atoms with Crippen molar-refractivity contribution < 1.29 is 9.18 Å². The highest BCUT2D eigenvalue weighted by atomic mass is 19.1. The number of likely N-dealkylation sites (tertiary alicyclic amines) is 1. The molecule has 0 saturated carbocycles. The summed E-state index contributed by atoms with van der Waals surface area (Å²) in [4.78, 5) is 15.8. The molecule has 20 heavy (non-hydrogen) atoms. The first-order valence-electron chi connectivity index (χ1n) is 7.01. The van der Waals surface area contributed by atoms with Gasteiger partial charge in [0, 0.05) is 38.3 Å². The first kappa shape index (κ1) is 14.9. The summed E-state index contributed by atoms with van der Waals surface area (Å²) in [6.45, 7) is 2.41. The van der Waals surface area contributed by atoms with Crippen molar-refractivity contribution in [3.05, 3.63) is 35.6 Å². The van der Waals surface area contributed by atoms with Crippen LogP contribution in [0.5, 0.6) is 0 Å². The largest absolute Gasteiger partial charge is 0.340 e. The zero-order valence-corrected chi connectivity index (χ0v) is 11.9. The van der Waals surface area contributed by atoms with E-state index >= 15 is 0 Å². The fraction of sp³-hybridized carbons (Fsp3) is 0.533. The molecule has 0 aliphatic carbocycles. The first-order chi connectivity index (χ1) is 9.56. The summed E-state index contributed by atoms with van der Waals surface area (Å²) < 4.78 is 13.6. The van der Waals surface area contributed by atoms with Gasteiger partial charge in [-0.3, -0.25) is 9.69 Å². The van der Waals surface area contributed by atoms with E-state index in [0.29, 0.717) is 18.7 Å². The van der Waals surface area contributed by atoms with E-state index in [4.69, 9.17) is 5.73 Å². The van der Waals surface area contributed by atoms with Crippen molar-refractivity contribution in [3.8, 4) is 0 Å². The van der Waals surface area contributed by atoms with Crippen molar-refractivity contribution in [2.24, 2.45) is 5.73 Å². The van der Waals surface area contributed by atoms with Gasteiger partial charge in [-0.15, -0.1) is 0 Å². The van der Waals surface area contributed by atoms with Gasteiger partial charge in [-0.2, -0.15) is 0 Å². The van der Waals surface area contributed by atoms with Crippen LogP contribution in [0.2, 0.25) is 0 Å². The molecule has 1 amide bonds. The molecule has 5 heteroatoms. The Morgan fingerprint density at radius 2 is 2.05 bits per heavy atom. The number of likely N-dealkylation sites (N-methyl/N-ethyl adjacent to an activating group) is 1. The number of carbonyl (C=O) groups is 1. The summed E-state index contributed by atoms with van der Waals surface area (Å²) in [5, 5.41) is 0. The van der Waals surface area contributed by atoms with E-state index in [1.807, 2.05) is 0 Å². The van der Waals surface area contributed by atoms with E-state index in [1.54, 1.807) is 30.1 Å². The Morgan fingerprint density at radius 1 is 1.40 bits per heavy atom. The molecule has 1 aliphatic heterocycles. The highest BCUT2D eigenvalue weighted by Gasteiger charge is 2.20. The van der Waals surface area contributed by atoms with Gasteiger partial charge in [0.25, 0.3) is 0 Å². The minimum absolute atomic E-state index is 0.0173. The van der Waals surface area contributed by atoms with Crippen molar-refractivity contribution in [2.45, 2.75) is 25.4 Å². The average Bonchev–Trinajstić information content (AvgIpc) is 2.44. The Kier molecular flexibility index (Phi) is 5.09. The van der Waals surface area contributed by atoms with E-state index < -0.39 is 0 Å². The summed E-state index contributed by atoms with van der Waals surface area (Å²) in [6, 6.07) is 6.82. The Labute approximate surface area is 119 Å². The normalized spacial score (nSPS) is 17.1. The lowest BCUT2D eigenvalue weighted by molar-refractivity contribution is -0.131. The fourth-order valence-corrected chi connectivity index (χ4v) is 2.39. The number of benzene rings is 1. The smallest absolute Gasteiger partial charge is 0.236 e. The molecule has 0 aromatic heterocycles. The number of hydrogen-bond acceptors (Lipinski definition) is 3. The van der Waals surface area contributed by atoms with Crippen LogP contribution in [-0.4, -0.2) is 48.4 Å². The maximum atomic E-state index is 13.6. The Balaban J connectivity index is 1.84. The molecule has 1 heterocycles. The monoisotopic (exact) mass is 279 g/mol. The lowest BCUT2D eigenvalue weighted by atomic mass is 10.1. The molecule has 1 aliphatic rings. The average molecular weight is 279 g/mol. The van der Waals surface area contributed by atoms with Gasteiger partial charge < -0.3 is 10.6 Å². The number of hydrogen-bond donors (Lipinski definition) is 1. The zero-order valence-electron chi connectivity index (χ0n) is 11.9. The standard InChI is InChI=1S/C15H22FN3O/c1-18(10-12-4-2-3-5-14(12)16)15(20)11-19-8-6-13(17)7-9-19/h2-5,13H,6-11,17H2,1H3. The van der Waals surface area contributed by atoms with Crippen molar-refractivity contribution in [1.82, 2.24) is 9.80 Å². The maximum Gasteiger partial charge on any atom is 0.236 e. The lowest BCUT2D eigenvalue weighted by Crippen LogP contribution is -2.44. The summed E-state index contributed by atoms with van der Waals surface area (Å²) in [7, 11) is 1.71. The van der Waals surface area contributed by atoms with Gasteiger partial charge in [0.15, 0.2) is 0 Å².